The lowest BCUT2D eigenvalue weighted by Gasteiger charge is -2.18. The van der Waals surface area contributed by atoms with Crippen LogP contribution in [0.15, 0.2) is 24.3 Å². The second-order valence-electron chi connectivity index (χ2n) is 9.55. The largest absolute Gasteiger partial charge is 0.493 e. The zero-order valence-corrected chi connectivity index (χ0v) is 23.6. The van der Waals surface area contributed by atoms with E-state index in [9.17, 15) is 13.2 Å². The molecule has 3 aromatic rings. The number of pyridine rings is 1. The van der Waals surface area contributed by atoms with Crippen LogP contribution in [0, 0.1) is 6.92 Å². The van der Waals surface area contributed by atoms with Crippen LogP contribution in [0.1, 0.15) is 48.8 Å². The van der Waals surface area contributed by atoms with Crippen molar-refractivity contribution < 1.29 is 22.7 Å². The Hall–Kier alpha value is -3.18. The van der Waals surface area contributed by atoms with Gasteiger partial charge in [-0.3, -0.25) is 4.79 Å². The number of hydrogen-bond acceptors (Lipinski definition) is 8. The second-order valence-corrected chi connectivity index (χ2v) is 11.8. The van der Waals surface area contributed by atoms with Crippen LogP contribution in [-0.4, -0.2) is 85.9 Å². The molecule has 0 spiro atoms. The van der Waals surface area contributed by atoms with Crippen LogP contribution in [0.2, 0.25) is 0 Å². The highest BCUT2D eigenvalue weighted by Crippen LogP contribution is 2.35. The summed E-state index contributed by atoms with van der Waals surface area (Å²) in [6.45, 7) is 9.47. The van der Waals surface area contributed by atoms with Crippen molar-refractivity contribution in [2.24, 2.45) is 0 Å². The number of amides is 1. The summed E-state index contributed by atoms with van der Waals surface area (Å²) in [7, 11) is -0.00257. The van der Waals surface area contributed by atoms with Crippen molar-refractivity contribution in [2.75, 3.05) is 51.9 Å². The first-order valence-corrected chi connectivity index (χ1v) is 14.9. The molecule has 1 saturated heterocycles. The van der Waals surface area contributed by atoms with E-state index in [4.69, 9.17) is 14.5 Å². The molecule has 1 fully saturated rings. The summed E-state index contributed by atoms with van der Waals surface area (Å²) in [6.07, 6.45) is 1.30. The third-order valence-corrected chi connectivity index (χ3v) is 8.90. The Morgan fingerprint density at radius 1 is 1.16 bits per heavy atom. The predicted molar refractivity (Wildman–Crippen MR) is 148 cm³/mol. The Bertz CT molecular complexity index is 1410. The van der Waals surface area contributed by atoms with Gasteiger partial charge in [0.2, 0.25) is 0 Å². The van der Waals surface area contributed by atoms with E-state index in [1.165, 1.54) is 0 Å². The molecule has 1 aliphatic heterocycles. The molecule has 0 aliphatic carbocycles. The SMILES string of the molecule is CCN(CC)CCCNC(=O)c1cc(-c2ccc(OC)c(OC)c2)nc2c1c(C)nn2C1CCS(=O)(=O)C1. The summed E-state index contributed by atoms with van der Waals surface area (Å²) in [6, 6.07) is 6.91. The van der Waals surface area contributed by atoms with E-state index in [1.807, 2.05) is 19.1 Å². The monoisotopic (exact) mass is 543 g/mol. The lowest BCUT2D eigenvalue weighted by molar-refractivity contribution is 0.0953. The third-order valence-electron chi connectivity index (χ3n) is 7.15. The van der Waals surface area contributed by atoms with Crippen molar-refractivity contribution in [3.63, 3.8) is 0 Å². The standard InChI is InChI=1S/C27H37N5O5S/c1-6-31(7-2)13-8-12-28-27(33)21-16-22(19-9-10-23(36-4)24(15-19)37-5)29-26-25(21)18(3)30-32(26)20-11-14-38(34,35)17-20/h9-10,15-16,20H,6-8,11-14,17H2,1-5H3,(H,28,33). The normalized spacial score (nSPS) is 16.7. The summed E-state index contributed by atoms with van der Waals surface area (Å²) < 4.78 is 37.0. The Labute approximate surface area is 224 Å². The van der Waals surface area contributed by atoms with Crippen LogP contribution in [0.25, 0.3) is 22.3 Å². The molecule has 1 aromatic carbocycles. The summed E-state index contributed by atoms with van der Waals surface area (Å²) in [5.74, 6) is 1.05. The summed E-state index contributed by atoms with van der Waals surface area (Å²) in [5, 5.41) is 8.38. The molecule has 2 aromatic heterocycles. The molecule has 3 heterocycles. The van der Waals surface area contributed by atoms with E-state index in [0.29, 0.717) is 52.4 Å². The van der Waals surface area contributed by atoms with Gasteiger partial charge in [-0.2, -0.15) is 5.10 Å². The molecule has 1 unspecified atom stereocenters. The zero-order chi connectivity index (χ0) is 27.4. The van der Waals surface area contributed by atoms with E-state index in [2.05, 4.69) is 29.2 Å². The maximum absolute atomic E-state index is 13.5. The minimum atomic E-state index is -3.14. The number of ether oxygens (including phenoxy) is 2. The molecule has 206 valence electrons. The number of hydrogen-bond donors (Lipinski definition) is 1. The van der Waals surface area contributed by atoms with Crippen LogP contribution in [-0.2, 0) is 9.84 Å². The molecule has 0 bridgehead atoms. The number of methoxy groups -OCH3 is 2. The van der Waals surface area contributed by atoms with E-state index >= 15 is 0 Å². The summed E-state index contributed by atoms with van der Waals surface area (Å²) >= 11 is 0. The van der Waals surface area contributed by atoms with Crippen LogP contribution in [0.3, 0.4) is 0 Å². The molecule has 11 heteroatoms. The van der Waals surface area contributed by atoms with Gasteiger partial charge in [0.15, 0.2) is 27.0 Å². The first-order valence-electron chi connectivity index (χ1n) is 13.0. The quantitative estimate of drug-likeness (QED) is 0.367. The third kappa shape index (κ3) is 5.78. The number of aryl methyl sites for hydroxylation is 1. The molecular weight excluding hydrogens is 506 g/mol. The first kappa shape index (κ1) is 27.8. The number of rotatable bonds is 11. The van der Waals surface area contributed by atoms with Gasteiger partial charge in [0.1, 0.15) is 0 Å². The number of nitrogens with zero attached hydrogens (tertiary/aromatic N) is 4. The van der Waals surface area contributed by atoms with Gasteiger partial charge in [-0.05, 0) is 63.7 Å². The van der Waals surface area contributed by atoms with E-state index in [1.54, 1.807) is 31.0 Å². The number of aromatic nitrogens is 3. The van der Waals surface area contributed by atoms with Crippen molar-refractivity contribution in [1.29, 1.82) is 0 Å². The number of sulfone groups is 1. The van der Waals surface area contributed by atoms with Gasteiger partial charge in [0, 0.05) is 12.1 Å². The molecular formula is C27H37N5O5S. The van der Waals surface area contributed by atoms with E-state index in [-0.39, 0.29) is 23.5 Å². The molecule has 0 radical (unpaired) electrons. The molecule has 1 amide bonds. The van der Waals surface area contributed by atoms with Gasteiger partial charge < -0.3 is 19.7 Å². The lowest BCUT2D eigenvalue weighted by Crippen LogP contribution is -2.30. The highest BCUT2D eigenvalue weighted by molar-refractivity contribution is 7.91. The first-order chi connectivity index (χ1) is 18.2. The maximum Gasteiger partial charge on any atom is 0.252 e. The average Bonchev–Trinajstić information content (AvgIpc) is 3.45. The van der Waals surface area contributed by atoms with Crippen molar-refractivity contribution >= 4 is 26.8 Å². The van der Waals surface area contributed by atoms with Crippen LogP contribution >= 0.6 is 0 Å². The highest BCUT2D eigenvalue weighted by Gasteiger charge is 2.32. The molecule has 38 heavy (non-hydrogen) atoms. The fraction of sp³-hybridized carbons (Fsp3) is 0.519. The van der Waals surface area contributed by atoms with Crippen molar-refractivity contribution in [1.82, 2.24) is 25.0 Å². The van der Waals surface area contributed by atoms with Crippen LogP contribution in [0.4, 0.5) is 0 Å². The summed E-state index contributed by atoms with van der Waals surface area (Å²) in [4.78, 5) is 20.7. The van der Waals surface area contributed by atoms with Gasteiger partial charge in [0.05, 0.1) is 54.1 Å². The fourth-order valence-electron chi connectivity index (χ4n) is 5.00. The van der Waals surface area contributed by atoms with Gasteiger partial charge >= 0.3 is 0 Å². The van der Waals surface area contributed by atoms with Crippen molar-refractivity contribution in [3.05, 3.63) is 35.5 Å². The van der Waals surface area contributed by atoms with Crippen molar-refractivity contribution in [2.45, 2.75) is 39.7 Å². The van der Waals surface area contributed by atoms with Gasteiger partial charge in [0.25, 0.3) is 5.91 Å². The molecule has 1 N–H and O–H groups in total. The Morgan fingerprint density at radius 3 is 2.53 bits per heavy atom. The molecule has 10 nitrogen and oxygen atoms in total. The minimum Gasteiger partial charge on any atom is -0.493 e. The molecule has 0 saturated carbocycles. The second kappa shape index (κ2) is 11.7. The number of fused-ring (bicyclic) bond motifs is 1. The van der Waals surface area contributed by atoms with E-state index < -0.39 is 9.84 Å². The zero-order valence-electron chi connectivity index (χ0n) is 22.8. The molecule has 1 atom stereocenters. The maximum atomic E-state index is 13.5. The van der Waals surface area contributed by atoms with Gasteiger partial charge in [-0.15, -0.1) is 0 Å². The Kier molecular flexibility index (Phi) is 8.57. The smallest absolute Gasteiger partial charge is 0.252 e. The fourth-order valence-corrected chi connectivity index (χ4v) is 6.69. The number of carbonyl (C=O) groups is 1. The predicted octanol–water partition coefficient (Wildman–Crippen LogP) is 3.25. The molecule has 1 aliphatic rings. The van der Waals surface area contributed by atoms with E-state index in [0.717, 1.165) is 31.6 Å². The minimum absolute atomic E-state index is 0.0123. The highest BCUT2D eigenvalue weighted by atomic mass is 32.2. The summed E-state index contributed by atoms with van der Waals surface area (Å²) in [5.41, 5.74) is 2.92. The average molecular weight is 544 g/mol. The number of carbonyl (C=O) groups excluding carboxylic acids is 1. The Morgan fingerprint density at radius 2 is 1.89 bits per heavy atom. The number of benzene rings is 1. The lowest BCUT2D eigenvalue weighted by atomic mass is 10.0. The number of nitrogens with one attached hydrogen (secondary N) is 1. The van der Waals surface area contributed by atoms with Crippen LogP contribution in [0.5, 0.6) is 11.5 Å². The molecule has 4 rings (SSSR count). The van der Waals surface area contributed by atoms with Crippen molar-refractivity contribution in [3.8, 4) is 22.8 Å². The van der Waals surface area contributed by atoms with Crippen LogP contribution < -0.4 is 14.8 Å². The van der Waals surface area contributed by atoms with Gasteiger partial charge in [-0.25, -0.2) is 18.1 Å². The Balaban J connectivity index is 1.76. The van der Waals surface area contributed by atoms with Gasteiger partial charge in [-0.1, -0.05) is 13.8 Å². The topological polar surface area (TPSA) is 116 Å².